The molecule has 0 aromatic heterocycles. The molecule has 0 spiro atoms. The van der Waals surface area contributed by atoms with Crippen LogP contribution in [0.25, 0.3) is 0 Å². The van der Waals surface area contributed by atoms with E-state index in [1.54, 1.807) is 0 Å². The number of unbranched alkanes of at least 4 members (excludes halogenated alkanes) is 4. The fourth-order valence-electron chi connectivity index (χ4n) is 1.85. The van der Waals surface area contributed by atoms with Crippen LogP contribution in [0.1, 0.15) is 38.5 Å². The third kappa shape index (κ3) is 16.8. The predicted octanol–water partition coefficient (Wildman–Crippen LogP) is 6.77. The molecule has 0 N–H and O–H groups in total. The lowest BCUT2D eigenvalue weighted by Gasteiger charge is -2.11. The Labute approximate surface area is 126 Å². The summed E-state index contributed by atoms with van der Waals surface area (Å²) in [5.41, 5.74) is 0. The monoisotopic (exact) mass is 324 g/mol. The van der Waals surface area contributed by atoms with Gasteiger partial charge in [-0.2, -0.15) is 22.2 Å². The molecule has 0 aromatic rings. The highest BCUT2D eigenvalue weighted by atomic mass is 35.6. The predicted molar refractivity (Wildman–Crippen MR) is 93.1 cm³/mol. The van der Waals surface area contributed by atoms with Crippen LogP contribution in [-0.4, -0.2) is 14.8 Å². The van der Waals surface area contributed by atoms with Gasteiger partial charge in [0.1, 0.15) is 14.8 Å². The molecule has 0 amide bonds. The summed E-state index contributed by atoms with van der Waals surface area (Å²) in [7, 11) is -2.64. The van der Waals surface area contributed by atoms with Crippen molar-refractivity contribution in [1.29, 1.82) is 0 Å². The zero-order chi connectivity index (χ0) is 14.1. The molecule has 4 heteroatoms. The molecule has 0 bridgehead atoms. The van der Waals surface area contributed by atoms with Crippen molar-refractivity contribution in [3.05, 3.63) is 12.2 Å². The first kappa shape index (κ1) is 18.8. The summed E-state index contributed by atoms with van der Waals surface area (Å²) in [6.45, 7) is 8.91. The van der Waals surface area contributed by atoms with Crippen LogP contribution in [0.4, 0.5) is 0 Å². The standard InChI is InChI=1S/C14H30Cl2Si2/c1-17(2,15)13-11-9-7-5-6-8-10-12-14-18(3,4)16/h5-6H,7-14H2,1-4H3/b6-5+. The average molecular weight is 325 g/mol. The van der Waals surface area contributed by atoms with Crippen molar-refractivity contribution in [3.8, 4) is 0 Å². The molecule has 0 aliphatic rings. The molecule has 0 saturated carbocycles. The third-order valence-electron chi connectivity index (χ3n) is 2.95. The maximum absolute atomic E-state index is 6.28. The molecule has 18 heavy (non-hydrogen) atoms. The molecular formula is C14H30Cl2Si2. The van der Waals surface area contributed by atoms with E-state index in [1.807, 2.05) is 0 Å². The molecule has 0 nitrogen and oxygen atoms in total. The van der Waals surface area contributed by atoms with Gasteiger partial charge in [0.05, 0.1) is 0 Å². The van der Waals surface area contributed by atoms with Gasteiger partial charge in [0, 0.05) is 0 Å². The summed E-state index contributed by atoms with van der Waals surface area (Å²) < 4.78 is 0. The number of allylic oxidation sites excluding steroid dienone is 2. The van der Waals surface area contributed by atoms with Gasteiger partial charge in [0.25, 0.3) is 0 Å². The average Bonchev–Trinajstić information content (AvgIpc) is 2.17. The van der Waals surface area contributed by atoms with E-state index in [1.165, 1.54) is 50.6 Å². The minimum Gasteiger partial charge on any atom is -0.168 e. The summed E-state index contributed by atoms with van der Waals surface area (Å²) in [5, 5.41) is 0. The summed E-state index contributed by atoms with van der Waals surface area (Å²) in [4.78, 5) is 0. The Balaban J connectivity index is 3.29. The molecule has 0 atom stereocenters. The Morgan fingerprint density at radius 3 is 1.28 bits per heavy atom. The van der Waals surface area contributed by atoms with Crippen LogP contribution in [0.2, 0.25) is 38.3 Å². The van der Waals surface area contributed by atoms with Gasteiger partial charge < -0.3 is 0 Å². The Hall–Kier alpha value is 0.754. The van der Waals surface area contributed by atoms with Crippen LogP contribution in [0, 0.1) is 0 Å². The van der Waals surface area contributed by atoms with Crippen LogP contribution in [0.3, 0.4) is 0 Å². The molecule has 0 rings (SSSR count). The summed E-state index contributed by atoms with van der Waals surface area (Å²) in [6.07, 6.45) is 12.3. The van der Waals surface area contributed by atoms with Gasteiger partial charge in [-0.05, 0) is 24.9 Å². The van der Waals surface area contributed by atoms with Crippen LogP contribution in [-0.2, 0) is 0 Å². The van der Waals surface area contributed by atoms with Crippen LogP contribution in [0.15, 0.2) is 12.2 Å². The minimum absolute atomic E-state index is 1.22. The fourth-order valence-corrected chi connectivity index (χ4v) is 4.83. The maximum atomic E-state index is 6.28. The first-order valence-corrected chi connectivity index (χ1v) is 15.7. The molecule has 0 heterocycles. The van der Waals surface area contributed by atoms with Crippen LogP contribution in [0.5, 0.6) is 0 Å². The van der Waals surface area contributed by atoms with Gasteiger partial charge in [-0.3, -0.25) is 0 Å². The van der Waals surface area contributed by atoms with Crippen molar-refractivity contribution in [1.82, 2.24) is 0 Å². The molecule has 0 saturated heterocycles. The largest absolute Gasteiger partial charge is 0.168 e. The molecular weight excluding hydrogens is 295 g/mol. The zero-order valence-electron chi connectivity index (χ0n) is 12.6. The molecule has 0 aliphatic carbocycles. The quantitative estimate of drug-likeness (QED) is 0.180. The summed E-state index contributed by atoms with van der Waals surface area (Å²) in [6, 6.07) is 2.50. The highest BCUT2D eigenvalue weighted by molar-refractivity contribution is 7.19. The lowest BCUT2D eigenvalue weighted by molar-refractivity contribution is 0.785. The first-order chi connectivity index (χ1) is 8.21. The van der Waals surface area contributed by atoms with E-state index in [-0.39, 0.29) is 0 Å². The third-order valence-corrected chi connectivity index (χ3v) is 7.17. The van der Waals surface area contributed by atoms with Gasteiger partial charge in [-0.15, -0.1) is 0 Å². The Kier molecular flexibility index (Phi) is 10.0. The topological polar surface area (TPSA) is 0 Å². The van der Waals surface area contributed by atoms with E-state index < -0.39 is 14.8 Å². The van der Waals surface area contributed by atoms with Gasteiger partial charge in [-0.1, -0.05) is 64.0 Å². The second kappa shape index (κ2) is 9.63. The van der Waals surface area contributed by atoms with E-state index in [0.717, 1.165) is 0 Å². The Morgan fingerprint density at radius 2 is 1.00 bits per heavy atom. The lowest BCUT2D eigenvalue weighted by atomic mass is 10.2. The number of hydrogen-bond acceptors (Lipinski definition) is 0. The lowest BCUT2D eigenvalue weighted by Crippen LogP contribution is -2.14. The Bertz CT molecular complexity index is 203. The van der Waals surface area contributed by atoms with E-state index >= 15 is 0 Å². The fraction of sp³-hybridized carbons (Fsp3) is 0.857. The normalized spacial score (nSPS) is 13.4. The van der Waals surface area contributed by atoms with Crippen molar-refractivity contribution in [2.24, 2.45) is 0 Å². The van der Waals surface area contributed by atoms with Gasteiger partial charge in [0.15, 0.2) is 0 Å². The smallest absolute Gasteiger partial charge is 0.150 e. The number of halogens is 2. The van der Waals surface area contributed by atoms with Gasteiger partial charge >= 0.3 is 0 Å². The first-order valence-electron chi connectivity index (χ1n) is 7.23. The van der Waals surface area contributed by atoms with E-state index in [0.29, 0.717) is 0 Å². The zero-order valence-corrected chi connectivity index (χ0v) is 16.1. The second-order valence-corrected chi connectivity index (χ2v) is 20.4. The van der Waals surface area contributed by atoms with Crippen molar-refractivity contribution < 1.29 is 0 Å². The molecule has 108 valence electrons. The summed E-state index contributed by atoms with van der Waals surface area (Å²) in [5.74, 6) is 0. The molecule has 0 fully saturated rings. The highest BCUT2D eigenvalue weighted by Crippen LogP contribution is 2.19. The van der Waals surface area contributed by atoms with Gasteiger partial charge in [-0.25, -0.2) is 0 Å². The minimum atomic E-state index is -1.32. The number of hydrogen-bond donors (Lipinski definition) is 0. The van der Waals surface area contributed by atoms with E-state index in [4.69, 9.17) is 22.2 Å². The molecule has 0 aromatic carbocycles. The van der Waals surface area contributed by atoms with Crippen molar-refractivity contribution in [3.63, 3.8) is 0 Å². The second-order valence-electron chi connectivity index (χ2n) is 6.40. The highest BCUT2D eigenvalue weighted by Gasteiger charge is 2.15. The van der Waals surface area contributed by atoms with Crippen molar-refractivity contribution in [2.75, 3.05) is 0 Å². The molecule has 0 aliphatic heterocycles. The molecule has 0 radical (unpaired) electrons. The van der Waals surface area contributed by atoms with E-state index in [9.17, 15) is 0 Å². The van der Waals surface area contributed by atoms with Crippen molar-refractivity contribution in [2.45, 2.75) is 76.8 Å². The maximum Gasteiger partial charge on any atom is 0.150 e. The van der Waals surface area contributed by atoms with Gasteiger partial charge in [0.2, 0.25) is 0 Å². The van der Waals surface area contributed by atoms with Crippen molar-refractivity contribution >= 4 is 36.9 Å². The Morgan fingerprint density at radius 1 is 0.667 bits per heavy atom. The SMILES string of the molecule is C[Si](C)(Cl)CCCC/C=C/CCCC[Si](C)(C)Cl. The van der Waals surface area contributed by atoms with E-state index in [2.05, 4.69) is 38.3 Å². The van der Waals surface area contributed by atoms with Crippen LogP contribution < -0.4 is 0 Å². The summed E-state index contributed by atoms with van der Waals surface area (Å²) >= 11 is 12.6. The number of rotatable bonds is 10. The molecule has 0 unspecified atom stereocenters. The van der Waals surface area contributed by atoms with Crippen LogP contribution >= 0.6 is 22.2 Å².